The van der Waals surface area contributed by atoms with Crippen molar-refractivity contribution >= 4 is 17.4 Å². The van der Waals surface area contributed by atoms with Crippen LogP contribution in [0.5, 0.6) is 17.2 Å². The number of nitrogens with zero attached hydrogens (tertiary/aromatic N) is 1. The van der Waals surface area contributed by atoms with Crippen LogP contribution in [0.3, 0.4) is 0 Å². The van der Waals surface area contributed by atoms with E-state index in [1.54, 1.807) is 30.3 Å². The molecule has 1 saturated heterocycles. The van der Waals surface area contributed by atoms with Crippen LogP contribution in [0, 0.1) is 0 Å². The highest BCUT2D eigenvalue weighted by molar-refractivity contribution is 6.46. The molecule has 0 aliphatic carbocycles. The fourth-order valence-electron chi connectivity index (χ4n) is 3.75. The van der Waals surface area contributed by atoms with Crippen molar-refractivity contribution in [1.82, 2.24) is 4.90 Å². The summed E-state index contributed by atoms with van der Waals surface area (Å²) in [7, 11) is 2.99. The SMILES string of the molecule is CCCN1C(=O)C(=O)/C(=C(\O)c2ccc(OC)cc2OC)C1c1ccc(OCC)cc1. The van der Waals surface area contributed by atoms with Crippen molar-refractivity contribution in [3.63, 3.8) is 0 Å². The third-order valence-electron chi connectivity index (χ3n) is 5.18. The number of hydrogen-bond donors (Lipinski definition) is 1. The fourth-order valence-corrected chi connectivity index (χ4v) is 3.75. The minimum Gasteiger partial charge on any atom is -0.507 e. The molecule has 2 aromatic rings. The highest BCUT2D eigenvalue weighted by Crippen LogP contribution is 2.41. The number of methoxy groups -OCH3 is 2. The Kier molecular flexibility index (Phi) is 6.84. The molecule has 0 aromatic heterocycles. The van der Waals surface area contributed by atoms with Crippen LogP contribution in [-0.2, 0) is 9.59 Å². The molecule has 1 unspecified atom stereocenters. The summed E-state index contributed by atoms with van der Waals surface area (Å²) in [4.78, 5) is 27.3. The van der Waals surface area contributed by atoms with Crippen LogP contribution in [0.2, 0.25) is 0 Å². The second-order valence-corrected chi connectivity index (χ2v) is 7.06. The molecule has 31 heavy (non-hydrogen) atoms. The van der Waals surface area contributed by atoms with E-state index in [2.05, 4.69) is 0 Å². The van der Waals surface area contributed by atoms with Crippen molar-refractivity contribution in [2.75, 3.05) is 27.4 Å². The van der Waals surface area contributed by atoms with Gasteiger partial charge in [-0.05, 0) is 43.2 Å². The van der Waals surface area contributed by atoms with Gasteiger partial charge in [-0.25, -0.2) is 0 Å². The summed E-state index contributed by atoms with van der Waals surface area (Å²) in [6, 6.07) is 11.4. The quantitative estimate of drug-likeness (QED) is 0.392. The molecule has 0 radical (unpaired) electrons. The first-order chi connectivity index (χ1) is 15.0. The van der Waals surface area contributed by atoms with Crippen LogP contribution in [-0.4, -0.2) is 49.1 Å². The molecule has 1 aliphatic heterocycles. The number of ketones is 1. The molecule has 1 atom stereocenters. The molecule has 1 heterocycles. The first kappa shape index (κ1) is 22.2. The number of aliphatic hydroxyl groups excluding tert-OH is 1. The van der Waals surface area contributed by atoms with Gasteiger partial charge in [0.15, 0.2) is 0 Å². The summed E-state index contributed by atoms with van der Waals surface area (Å²) in [6.07, 6.45) is 0.673. The van der Waals surface area contributed by atoms with Gasteiger partial charge >= 0.3 is 0 Å². The van der Waals surface area contributed by atoms with E-state index < -0.39 is 17.7 Å². The zero-order valence-electron chi connectivity index (χ0n) is 18.2. The number of aliphatic hydroxyl groups is 1. The van der Waals surface area contributed by atoms with Gasteiger partial charge in [-0.1, -0.05) is 19.1 Å². The van der Waals surface area contributed by atoms with Gasteiger partial charge in [0, 0.05) is 12.6 Å². The normalized spacial score (nSPS) is 17.7. The summed E-state index contributed by atoms with van der Waals surface area (Å²) >= 11 is 0. The van der Waals surface area contributed by atoms with Crippen LogP contribution >= 0.6 is 0 Å². The predicted molar refractivity (Wildman–Crippen MR) is 116 cm³/mol. The Hall–Kier alpha value is -3.48. The van der Waals surface area contributed by atoms with E-state index in [1.165, 1.54) is 19.1 Å². The molecular formula is C24H27NO6. The van der Waals surface area contributed by atoms with Gasteiger partial charge in [-0.15, -0.1) is 0 Å². The van der Waals surface area contributed by atoms with Gasteiger partial charge in [-0.2, -0.15) is 0 Å². The molecule has 0 bridgehead atoms. The molecule has 0 spiro atoms. The average molecular weight is 425 g/mol. The van der Waals surface area contributed by atoms with Crippen molar-refractivity contribution in [2.24, 2.45) is 0 Å². The van der Waals surface area contributed by atoms with Crippen LogP contribution in [0.25, 0.3) is 5.76 Å². The van der Waals surface area contributed by atoms with Gasteiger partial charge in [0.05, 0.1) is 38.0 Å². The van der Waals surface area contributed by atoms with E-state index in [9.17, 15) is 14.7 Å². The largest absolute Gasteiger partial charge is 0.507 e. The minimum absolute atomic E-state index is 0.0334. The Morgan fingerprint density at radius 1 is 1.00 bits per heavy atom. The van der Waals surface area contributed by atoms with Crippen molar-refractivity contribution in [3.05, 3.63) is 59.2 Å². The second kappa shape index (κ2) is 9.55. The Morgan fingerprint density at radius 2 is 1.68 bits per heavy atom. The molecule has 1 aliphatic rings. The van der Waals surface area contributed by atoms with Gasteiger partial charge in [-0.3, -0.25) is 9.59 Å². The maximum absolute atomic E-state index is 13.0. The number of carbonyl (C=O) groups is 2. The molecule has 7 heteroatoms. The van der Waals surface area contributed by atoms with Gasteiger partial charge < -0.3 is 24.2 Å². The van der Waals surface area contributed by atoms with E-state index in [4.69, 9.17) is 14.2 Å². The van der Waals surface area contributed by atoms with Crippen LogP contribution in [0.4, 0.5) is 0 Å². The lowest BCUT2D eigenvalue weighted by molar-refractivity contribution is -0.139. The Labute approximate surface area is 181 Å². The fraction of sp³-hybridized carbons (Fsp3) is 0.333. The van der Waals surface area contributed by atoms with E-state index in [-0.39, 0.29) is 11.3 Å². The highest BCUT2D eigenvalue weighted by atomic mass is 16.5. The molecule has 0 saturated carbocycles. The van der Waals surface area contributed by atoms with Crippen molar-refractivity contribution < 1.29 is 28.9 Å². The lowest BCUT2D eigenvalue weighted by atomic mass is 9.95. The van der Waals surface area contributed by atoms with Crippen molar-refractivity contribution in [1.29, 1.82) is 0 Å². The Morgan fingerprint density at radius 3 is 2.26 bits per heavy atom. The number of carbonyl (C=O) groups excluding carboxylic acids is 2. The Bertz CT molecular complexity index is 996. The van der Waals surface area contributed by atoms with Crippen LogP contribution in [0.15, 0.2) is 48.0 Å². The first-order valence-electron chi connectivity index (χ1n) is 10.2. The van der Waals surface area contributed by atoms with Gasteiger partial charge in [0.2, 0.25) is 0 Å². The maximum atomic E-state index is 13.0. The van der Waals surface area contributed by atoms with Crippen LogP contribution in [0.1, 0.15) is 37.4 Å². The highest BCUT2D eigenvalue weighted by Gasteiger charge is 2.45. The van der Waals surface area contributed by atoms with Gasteiger partial charge in [0.25, 0.3) is 11.7 Å². The first-order valence-corrected chi connectivity index (χ1v) is 10.2. The summed E-state index contributed by atoms with van der Waals surface area (Å²) in [6.45, 7) is 4.75. The second-order valence-electron chi connectivity index (χ2n) is 7.06. The molecule has 2 aromatic carbocycles. The molecular weight excluding hydrogens is 398 g/mol. The number of hydrogen-bond acceptors (Lipinski definition) is 6. The van der Waals surface area contributed by atoms with E-state index in [0.29, 0.717) is 47.9 Å². The topological polar surface area (TPSA) is 85.3 Å². The number of likely N-dealkylation sites (tertiary alicyclic amines) is 1. The molecule has 1 N–H and O–H groups in total. The third-order valence-corrected chi connectivity index (χ3v) is 5.18. The molecule has 3 rings (SSSR count). The van der Waals surface area contributed by atoms with Gasteiger partial charge in [0.1, 0.15) is 23.0 Å². The zero-order chi connectivity index (χ0) is 22.5. The summed E-state index contributed by atoms with van der Waals surface area (Å²) in [5.74, 6) is -0.0600. The summed E-state index contributed by atoms with van der Waals surface area (Å²) < 4.78 is 16.1. The molecule has 164 valence electrons. The molecule has 7 nitrogen and oxygen atoms in total. The smallest absolute Gasteiger partial charge is 0.295 e. The predicted octanol–water partition coefficient (Wildman–Crippen LogP) is 3.93. The Balaban J connectivity index is 2.17. The average Bonchev–Trinajstić information content (AvgIpc) is 3.04. The minimum atomic E-state index is -0.720. The standard InChI is InChI=1S/C24H27NO6/c1-5-13-25-21(15-7-9-16(10-8-15)31-6-2)20(23(27)24(25)28)22(26)18-12-11-17(29-3)14-19(18)30-4/h7-12,14,21,26H,5-6,13H2,1-4H3/b22-20-. The number of Topliss-reactive ketones (excluding diaryl/α,β-unsaturated/α-hetero) is 1. The molecule has 1 amide bonds. The number of ether oxygens (including phenoxy) is 3. The number of amides is 1. The van der Waals surface area contributed by atoms with E-state index in [0.717, 1.165) is 0 Å². The van der Waals surface area contributed by atoms with Crippen molar-refractivity contribution in [2.45, 2.75) is 26.3 Å². The lowest BCUT2D eigenvalue weighted by Gasteiger charge is -2.25. The summed E-state index contributed by atoms with van der Waals surface area (Å²) in [5.41, 5.74) is 1.06. The number of rotatable bonds is 8. The third kappa shape index (κ3) is 4.21. The molecule has 1 fully saturated rings. The summed E-state index contributed by atoms with van der Waals surface area (Å²) in [5, 5.41) is 11.2. The van der Waals surface area contributed by atoms with E-state index in [1.807, 2.05) is 26.0 Å². The lowest BCUT2D eigenvalue weighted by Crippen LogP contribution is -2.30. The maximum Gasteiger partial charge on any atom is 0.295 e. The van der Waals surface area contributed by atoms with Crippen molar-refractivity contribution in [3.8, 4) is 17.2 Å². The monoisotopic (exact) mass is 425 g/mol. The zero-order valence-corrected chi connectivity index (χ0v) is 18.2. The number of benzene rings is 2. The van der Waals surface area contributed by atoms with Crippen LogP contribution < -0.4 is 14.2 Å². The van der Waals surface area contributed by atoms with E-state index >= 15 is 0 Å².